The molecule has 14 heteroatoms. The molecule has 0 saturated carbocycles. The van der Waals surface area contributed by atoms with Crippen molar-refractivity contribution in [2.24, 2.45) is 0 Å². The van der Waals surface area contributed by atoms with Crippen LogP contribution < -0.4 is 5.32 Å². The molecular weight excluding hydrogens is 726 g/mol. The monoisotopic (exact) mass is 806 g/mol. The van der Waals surface area contributed by atoms with Crippen molar-refractivity contribution in [2.75, 3.05) is 19.8 Å². The first-order chi connectivity index (χ1) is 27.1. The highest BCUT2D eigenvalue weighted by Crippen LogP contribution is 2.30. The van der Waals surface area contributed by atoms with Gasteiger partial charge >= 0.3 is 0 Å². The van der Waals surface area contributed by atoms with Crippen LogP contribution in [0, 0.1) is 0 Å². The predicted molar refractivity (Wildman–Crippen MR) is 212 cm³/mol. The van der Waals surface area contributed by atoms with Gasteiger partial charge in [-0.05, 0) is 19.3 Å². The molecule has 2 aliphatic rings. The van der Waals surface area contributed by atoms with Gasteiger partial charge in [0.2, 0.25) is 5.91 Å². The lowest BCUT2D eigenvalue weighted by Gasteiger charge is -2.46. The summed E-state index contributed by atoms with van der Waals surface area (Å²) in [7, 11) is 0. The molecule has 0 spiro atoms. The Balaban J connectivity index is 1.93. The van der Waals surface area contributed by atoms with E-state index in [0.29, 0.717) is 6.42 Å². The summed E-state index contributed by atoms with van der Waals surface area (Å²) in [6, 6.07) is -0.904. The van der Waals surface area contributed by atoms with Crippen molar-refractivity contribution < 1.29 is 64.6 Å². The minimum Gasteiger partial charge on any atom is -0.394 e. The topological polar surface area (TPSA) is 228 Å². The molecular formula is C42H79NO13. The third kappa shape index (κ3) is 19.2. The van der Waals surface area contributed by atoms with Gasteiger partial charge < -0.3 is 65.1 Å². The van der Waals surface area contributed by atoms with Gasteiger partial charge in [0.25, 0.3) is 0 Å². The molecule has 2 saturated heterocycles. The molecule has 14 nitrogen and oxygen atoms in total. The zero-order chi connectivity index (χ0) is 41.1. The van der Waals surface area contributed by atoms with Gasteiger partial charge in [-0.2, -0.15) is 0 Å². The minimum absolute atomic E-state index is 0.243. The van der Waals surface area contributed by atoms with E-state index in [1.54, 1.807) is 6.08 Å². The molecule has 330 valence electrons. The smallest absolute Gasteiger partial charge is 0.220 e. The van der Waals surface area contributed by atoms with Crippen LogP contribution in [0.3, 0.4) is 0 Å². The molecule has 2 rings (SSSR count). The lowest BCUT2D eigenvalue weighted by atomic mass is 9.97. The average Bonchev–Trinajstić information content (AvgIpc) is 3.19. The van der Waals surface area contributed by atoms with Crippen LogP contribution in [0.25, 0.3) is 0 Å². The Bertz CT molecular complexity index is 1000. The van der Waals surface area contributed by atoms with Crippen molar-refractivity contribution in [3.05, 3.63) is 12.2 Å². The molecule has 1 amide bonds. The maximum Gasteiger partial charge on any atom is 0.220 e. The van der Waals surface area contributed by atoms with Crippen molar-refractivity contribution in [3.8, 4) is 0 Å². The van der Waals surface area contributed by atoms with Gasteiger partial charge in [0.05, 0.1) is 32.0 Å². The lowest BCUT2D eigenvalue weighted by molar-refractivity contribution is -0.359. The van der Waals surface area contributed by atoms with Crippen molar-refractivity contribution in [1.29, 1.82) is 0 Å². The number of ether oxygens (including phenoxy) is 4. The van der Waals surface area contributed by atoms with Crippen LogP contribution in [0.4, 0.5) is 0 Å². The molecule has 0 aromatic carbocycles. The summed E-state index contributed by atoms with van der Waals surface area (Å²) in [5.74, 6) is -0.243. The number of hydrogen-bond acceptors (Lipinski definition) is 13. The maximum atomic E-state index is 13.0. The Hall–Kier alpha value is -1.27. The van der Waals surface area contributed by atoms with E-state index >= 15 is 0 Å². The van der Waals surface area contributed by atoms with E-state index in [2.05, 4.69) is 19.2 Å². The lowest BCUT2D eigenvalue weighted by Crippen LogP contribution is -2.65. The van der Waals surface area contributed by atoms with E-state index in [0.717, 1.165) is 38.5 Å². The van der Waals surface area contributed by atoms with E-state index in [4.69, 9.17) is 18.9 Å². The molecule has 9 N–H and O–H groups in total. The Morgan fingerprint density at radius 3 is 1.64 bits per heavy atom. The molecule has 0 aromatic heterocycles. The van der Waals surface area contributed by atoms with Crippen LogP contribution in [-0.4, -0.2) is 140 Å². The number of nitrogens with one attached hydrogen (secondary N) is 1. The van der Waals surface area contributed by atoms with Gasteiger partial charge in [-0.15, -0.1) is 0 Å². The van der Waals surface area contributed by atoms with Crippen molar-refractivity contribution in [3.63, 3.8) is 0 Å². The summed E-state index contributed by atoms with van der Waals surface area (Å²) >= 11 is 0. The molecule has 0 bridgehead atoms. The highest BCUT2D eigenvalue weighted by Gasteiger charge is 2.50. The number of carbonyl (C=O) groups is 1. The number of carbonyl (C=O) groups excluding carboxylic acids is 1. The number of unbranched alkanes of at least 4 members (excludes halogenated alkanes) is 19. The first-order valence-electron chi connectivity index (χ1n) is 21.9. The van der Waals surface area contributed by atoms with Gasteiger partial charge in [-0.3, -0.25) is 4.79 Å². The Kier molecular flexibility index (Phi) is 27.9. The zero-order valence-electron chi connectivity index (χ0n) is 34.4. The van der Waals surface area contributed by atoms with E-state index in [1.165, 1.54) is 89.9 Å². The van der Waals surface area contributed by atoms with Gasteiger partial charge in [-0.25, -0.2) is 0 Å². The number of aliphatic hydroxyl groups is 8. The number of hydrogen-bond donors (Lipinski definition) is 9. The normalized spacial score (nSPS) is 29.5. The maximum absolute atomic E-state index is 13.0. The number of rotatable bonds is 32. The van der Waals surface area contributed by atoms with Crippen LogP contribution in [0.5, 0.6) is 0 Å². The van der Waals surface area contributed by atoms with Crippen LogP contribution in [0.15, 0.2) is 12.2 Å². The largest absolute Gasteiger partial charge is 0.394 e. The fourth-order valence-corrected chi connectivity index (χ4v) is 7.29. The van der Waals surface area contributed by atoms with Crippen LogP contribution in [0.2, 0.25) is 0 Å². The highest BCUT2D eigenvalue weighted by atomic mass is 16.7. The molecule has 2 aliphatic heterocycles. The first-order valence-corrected chi connectivity index (χ1v) is 21.9. The fraction of sp³-hybridized carbons (Fsp3) is 0.929. The summed E-state index contributed by atoms with van der Waals surface area (Å²) in [6.45, 7) is 2.73. The van der Waals surface area contributed by atoms with Crippen molar-refractivity contribution >= 4 is 5.91 Å². The third-order valence-corrected chi connectivity index (χ3v) is 11.0. The van der Waals surface area contributed by atoms with Crippen molar-refractivity contribution in [1.82, 2.24) is 5.32 Å². The molecule has 2 heterocycles. The van der Waals surface area contributed by atoms with E-state index in [-0.39, 0.29) is 18.9 Å². The molecule has 2 fully saturated rings. The van der Waals surface area contributed by atoms with E-state index in [1.807, 2.05) is 6.08 Å². The summed E-state index contributed by atoms with van der Waals surface area (Å²) in [4.78, 5) is 13.0. The standard InChI is InChI=1S/C42H79NO13/c1-3-5-7-9-11-13-15-17-19-21-23-25-31(46)30(43-34(47)26-24-22-20-18-16-14-12-10-8-6-4-2)29-53-41-39(52)37(50)40(33(28-45)55-41)56-42-38(51)36(49)35(48)32(27-44)54-42/h23,25,30-33,35-42,44-46,48-52H,3-22,24,26-29H2,1-2H3,(H,43,47)/b25-23+. The Morgan fingerprint density at radius 2 is 1.11 bits per heavy atom. The molecule has 0 aliphatic carbocycles. The molecule has 12 atom stereocenters. The van der Waals surface area contributed by atoms with Gasteiger partial charge in [0.15, 0.2) is 12.6 Å². The second kappa shape index (κ2) is 30.7. The Morgan fingerprint density at radius 1 is 0.625 bits per heavy atom. The van der Waals surface area contributed by atoms with Gasteiger partial charge in [0.1, 0.15) is 48.8 Å². The first kappa shape index (κ1) is 50.9. The van der Waals surface area contributed by atoms with Crippen LogP contribution in [0.1, 0.15) is 155 Å². The second-order valence-electron chi connectivity index (χ2n) is 15.8. The molecule has 56 heavy (non-hydrogen) atoms. The number of allylic oxidation sites excluding steroid dienone is 1. The fourth-order valence-electron chi connectivity index (χ4n) is 7.29. The highest BCUT2D eigenvalue weighted by molar-refractivity contribution is 5.76. The summed E-state index contributed by atoms with van der Waals surface area (Å²) in [5, 5.41) is 86.2. The van der Waals surface area contributed by atoms with E-state index < -0.39 is 86.8 Å². The Labute approximate surface area is 336 Å². The number of aliphatic hydroxyl groups excluding tert-OH is 8. The zero-order valence-corrected chi connectivity index (χ0v) is 34.4. The van der Waals surface area contributed by atoms with Crippen LogP contribution in [-0.2, 0) is 23.7 Å². The predicted octanol–water partition coefficient (Wildman–Crippen LogP) is 3.65. The molecule has 12 unspecified atom stereocenters. The third-order valence-electron chi connectivity index (χ3n) is 11.0. The van der Waals surface area contributed by atoms with Crippen molar-refractivity contribution in [2.45, 2.75) is 229 Å². The number of amides is 1. The van der Waals surface area contributed by atoms with E-state index in [9.17, 15) is 45.6 Å². The average molecular weight is 806 g/mol. The van der Waals surface area contributed by atoms with Crippen LogP contribution >= 0.6 is 0 Å². The SMILES string of the molecule is CCCCCCCCCCC/C=C/C(O)C(COC1OC(CO)C(OC2OC(CO)C(O)C(O)C2O)C(O)C1O)NC(=O)CCCCCCCCCCCCC. The van der Waals surface area contributed by atoms with Gasteiger partial charge in [0, 0.05) is 6.42 Å². The van der Waals surface area contributed by atoms with Gasteiger partial charge in [-0.1, -0.05) is 142 Å². The molecule has 0 radical (unpaired) electrons. The quantitative estimate of drug-likeness (QED) is 0.0350. The summed E-state index contributed by atoms with van der Waals surface area (Å²) < 4.78 is 22.6. The second-order valence-corrected chi connectivity index (χ2v) is 15.8. The molecule has 0 aromatic rings. The summed E-state index contributed by atoms with van der Waals surface area (Å²) in [5.41, 5.74) is 0. The minimum atomic E-state index is -1.78. The summed E-state index contributed by atoms with van der Waals surface area (Å²) in [6.07, 6.45) is 11.2.